The van der Waals surface area contributed by atoms with E-state index < -0.39 is 11.8 Å². The van der Waals surface area contributed by atoms with E-state index in [1.807, 2.05) is 6.92 Å². The van der Waals surface area contributed by atoms with Gasteiger partial charge < -0.3 is 10.4 Å². The molecule has 0 amide bonds. The molecule has 0 aromatic heterocycles. The van der Waals surface area contributed by atoms with Crippen molar-refractivity contribution in [1.82, 2.24) is 10.2 Å². The first-order valence-electron chi connectivity index (χ1n) is 10.1. The van der Waals surface area contributed by atoms with Crippen LogP contribution in [0.4, 0.5) is 0 Å². The summed E-state index contributed by atoms with van der Waals surface area (Å²) in [6.07, 6.45) is 0.164. The lowest BCUT2D eigenvalue weighted by Crippen LogP contribution is -2.63. The van der Waals surface area contributed by atoms with Crippen LogP contribution in [0.2, 0.25) is 0 Å². The molecular formula is C25H28N2O. The Hall–Kier alpha value is -2.46. The van der Waals surface area contributed by atoms with Gasteiger partial charge in [0.05, 0.1) is 11.6 Å². The molecule has 3 nitrogen and oxygen atoms in total. The summed E-state index contributed by atoms with van der Waals surface area (Å²) in [5.74, 6) is 0. The van der Waals surface area contributed by atoms with Gasteiger partial charge in [-0.05, 0) is 23.1 Å². The molecule has 2 unspecified atom stereocenters. The Morgan fingerprint density at radius 3 is 1.89 bits per heavy atom. The maximum Gasteiger partial charge on any atom is 0.108 e. The molecule has 1 aliphatic rings. The van der Waals surface area contributed by atoms with Gasteiger partial charge in [0.25, 0.3) is 0 Å². The first-order chi connectivity index (χ1) is 13.8. The van der Waals surface area contributed by atoms with E-state index in [1.54, 1.807) is 0 Å². The minimum absolute atomic E-state index is 0.0217. The Bertz CT molecular complexity index is 827. The zero-order valence-corrected chi connectivity index (χ0v) is 16.3. The molecule has 0 radical (unpaired) electrons. The maximum absolute atomic E-state index is 11.1. The molecule has 3 aromatic rings. The van der Waals surface area contributed by atoms with E-state index in [2.05, 4.69) is 101 Å². The van der Waals surface area contributed by atoms with Crippen LogP contribution in [0.25, 0.3) is 0 Å². The van der Waals surface area contributed by atoms with Crippen LogP contribution in [-0.4, -0.2) is 29.3 Å². The Balaban J connectivity index is 2.02. The van der Waals surface area contributed by atoms with E-state index in [0.717, 1.165) is 13.1 Å². The average molecular weight is 373 g/mol. The van der Waals surface area contributed by atoms with Crippen molar-refractivity contribution in [2.24, 2.45) is 0 Å². The van der Waals surface area contributed by atoms with Crippen molar-refractivity contribution in [3.05, 3.63) is 108 Å². The summed E-state index contributed by atoms with van der Waals surface area (Å²) in [6, 6.07) is 31.8. The summed E-state index contributed by atoms with van der Waals surface area (Å²) < 4.78 is 0. The molecule has 1 aliphatic heterocycles. The van der Waals surface area contributed by atoms with Crippen molar-refractivity contribution in [2.75, 3.05) is 13.1 Å². The molecule has 2 N–H and O–H groups in total. The number of piperazine rings is 1. The van der Waals surface area contributed by atoms with Crippen LogP contribution in [0.3, 0.4) is 0 Å². The van der Waals surface area contributed by atoms with E-state index in [1.165, 1.54) is 16.7 Å². The predicted octanol–water partition coefficient (Wildman–Crippen LogP) is 4.31. The number of benzene rings is 3. The van der Waals surface area contributed by atoms with Crippen molar-refractivity contribution in [3.63, 3.8) is 0 Å². The third-order valence-electron chi connectivity index (χ3n) is 5.86. The van der Waals surface area contributed by atoms with Gasteiger partial charge in [-0.2, -0.15) is 0 Å². The predicted molar refractivity (Wildman–Crippen MR) is 114 cm³/mol. The quantitative estimate of drug-likeness (QED) is 0.701. The van der Waals surface area contributed by atoms with Crippen molar-refractivity contribution in [3.8, 4) is 0 Å². The minimum atomic E-state index is -0.520. The van der Waals surface area contributed by atoms with Crippen LogP contribution in [0.15, 0.2) is 91.0 Å². The van der Waals surface area contributed by atoms with Crippen LogP contribution in [0.5, 0.6) is 0 Å². The molecule has 2 atom stereocenters. The zero-order chi connectivity index (χ0) is 19.4. The van der Waals surface area contributed by atoms with Gasteiger partial charge in [0.15, 0.2) is 0 Å². The molecule has 0 spiro atoms. The topological polar surface area (TPSA) is 35.5 Å². The van der Waals surface area contributed by atoms with Crippen molar-refractivity contribution < 1.29 is 5.11 Å². The normalized spacial score (nSPS) is 20.6. The molecule has 0 aliphatic carbocycles. The lowest BCUT2D eigenvalue weighted by molar-refractivity contribution is -0.0887. The number of hydrogen-bond donors (Lipinski definition) is 2. The number of aliphatic hydroxyl groups is 1. The number of hydrogen-bond acceptors (Lipinski definition) is 3. The van der Waals surface area contributed by atoms with E-state index in [9.17, 15) is 5.11 Å². The average Bonchev–Trinajstić information content (AvgIpc) is 2.79. The number of aliphatic hydroxyl groups excluding tert-OH is 1. The zero-order valence-electron chi connectivity index (χ0n) is 16.3. The van der Waals surface area contributed by atoms with Gasteiger partial charge in [-0.3, -0.25) is 4.90 Å². The second-order valence-corrected chi connectivity index (χ2v) is 7.38. The maximum atomic E-state index is 11.1. The molecule has 4 rings (SSSR count). The molecule has 3 heteroatoms. The third-order valence-corrected chi connectivity index (χ3v) is 5.86. The molecule has 28 heavy (non-hydrogen) atoms. The van der Waals surface area contributed by atoms with E-state index in [-0.39, 0.29) is 6.04 Å². The SMILES string of the molecule is CCC(O)N1CCNC(c2ccccc2)C1(c1ccccc1)c1ccccc1. The molecule has 0 saturated carbocycles. The standard InChI is InChI=1S/C25H28N2O/c1-2-23(28)27-19-18-26-24(20-12-6-3-7-13-20)25(27,21-14-8-4-9-15-21)22-16-10-5-11-17-22/h3-17,23-24,26,28H,2,18-19H2,1H3. The first kappa shape index (κ1) is 18.9. The second kappa shape index (κ2) is 8.27. The highest BCUT2D eigenvalue weighted by Crippen LogP contribution is 2.48. The largest absolute Gasteiger partial charge is 0.378 e. The Labute approximate surface area is 167 Å². The van der Waals surface area contributed by atoms with Crippen molar-refractivity contribution >= 4 is 0 Å². The molecular weight excluding hydrogens is 344 g/mol. The fourth-order valence-corrected chi connectivity index (χ4v) is 4.64. The smallest absolute Gasteiger partial charge is 0.108 e. The third kappa shape index (κ3) is 3.16. The Morgan fingerprint density at radius 1 is 0.893 bits per heavy atom. The second-order valence-electron chi connectivity index (χ2n) is 7.38. The molecule has 1 saturated heterocycles. The summed E-state index contributed by atoms with van der Waals surface area (Å²) in [7, 11) is 0. The van der Waals surface area contributed by atoms with Gasteiger partial charge in [0.1, 0.15) is 6.23 Å². The van der Waals surface area contributed by atoms with Gasteiger partial charge in [-0.1, -0.05) is 97.9 Å². The van der Waals surface area contributed by atoms with Gasteiger partial charge in [0.2, 0.25) is 0 Å². The Morgan fingerprint density at radius 2 is 1.39 bits per heavy atom. The summed E-state index contributed by atoms with van der Waals surface area (Å²) in [5, 5.41) is 14.9. The highest BCUT2D eigenvalue weighted by Gasteiger charge is 2.51. The van der Waals surface area contributed by atoms with Crippen LogP contribution in [-0.2, 0) is 5.54 Å². The van der Waals surface area contributed by atoms with Crippen LogP contribution >= 0.6 is 0 Å². The van der Waals surface area contributed by atoms with Crippen LogP contribution in [0, 0.1) is 0 Å². The first-order valence-corrected chi connectivity index (χ1v) is 10.1. The van der Waals surface area contributed by atoms with Crippen LogP contribution in [0.1, 0.15) is 36.1 Å². The van der Waals surface area contributed by atoms with Crippen LogP contribution < -0.4 is 5.32 Å². The summed E-state index contributed by atoms with van der Waals surface area (Å²) in [4.78, 5) is 2.28. The minimum Gasteiger partial charge on any atom is -0.378 e. The van der Waals surface area contributed by atoms with E-state index in [0.29, 0.717) is 6.42 Å². The fourth-order valence-electron chi connectivity index (χ4n) is 4.64. The molecule has 144 valence electrons. The fraction of sp³-hybridized carbons (Fsp3) is 0.280. The van der Waals surface area contributed by atoms with Gasteiger partial charge >= 0.3 is 0 Å². The van der Waals surface area contributed by atoms with Gasteiger partial charge in [0, 0.05) is 13.1 Å². The lowest BCUT2D eigenvalue weighted by atomic mass is 9.71. The molecule has 1 heterocycles. The van der Waals surface area contributed by atoms with Crippen molar-refractivity contribution in [1.29, 1.82) is 0 Å². The highest BCUT2D eigenvalue weighted by molar-refractivity contribution is 5.45. The van der Waals surface area contributed by atoms with Gasteiger partial charge in [-0.15, -0.1) is 0 Å². The number of nitrogens with zero attached hydrogens (tertiary/aromatic N) is 1. The van der Waals surface area contributed by atoms with E-state index >= 15 is 0 Å². The highest BCUT2D eigenvalue weighted by atomic mass is 16.3. The van der Waals surface area contributed by atoms with Gasteiger partial charge in [-0.25, -0.2) is 0 Å². The molecule has 0 bridgehead atoms. The Kier molecular flexibility index (Phi) is 5.58. The van der Waals surface area contributed by atoms with E-state index in [4.69, 9.17) is 0 Å². The molecule has 1 fully saturated rings. The van der Waals surface area contributed by atoms with Crippen molar-refractivity contribution in [2.45, 2.75) is 31.2 Å². The summed E-state index contributed by atoms with van der Waals surface area (Å²) in [6.45, 7) is 3.66. The number of nitrogens with one attached hydrogen (secondary N) is 1. The lowest BCUT2D eigenvalue weighted by Gasteiger charge is -2.55. The monoisotopic (exact) mass is 372 g/mol. The summed E-state index contributed by atoms with van der Waals surface area (Å²) in [5.41, 5.74) is 3.10. The number of rotatable bonds is 5. The summed E-state index contributed by atoms with van der Waals surface area (Å²) >= 11 is 0. The molecule has 3 aromatic carbocycles.